The van der Waals surface area contributed by atoms with Crippen LogP contribution >= 0.6 is 11.6 Å². The van der Waals surface area contributed by atoms with Gasteiger partial charge in [0.25, 0.3) is 5.91 Å². The third-order valence-electron chi connectivity index (χ3n) is 4.70. The number of carbonyl (C=O) groups excluding carboxylic acids is 1. The number of methoxy groups -OCH3 is 1. The molecule has 0 saturated heterocycles. The van der Waals surface area contributed by atoms with E-state index in [1.54, 1.807) is 12.1 Å². The molecule has 0 aliphatic heterocycles. The van der Waals surface area contributed by atoms with E-state index in [0.29, 0.717) is 28.7 Å². The van der Waals surface area contributed by atoms with Gasteiger partial charge in [0.1, 0.15) is 6.61 Å². The fourth-order valence-corrected chi connectivity index (χ4v) is 3.37. The Morgan fingerprint density at radius 2 is 1.83 bits per heavy atom. The smallest absolute Gasteiger partial charge is 0.255 e. The summed E-state index contributed by atoms with van der Waals surface area (Å²) >= 11 is 6.43. The molecule has 4 nitrogen and oxygen atoms in total. The zero-order valence-electron chi connectivity index (χ0n) is 16.8. The van der Waals surface area contributed by atoms with Gasteiger partial charge in [0.05, 0.1) is 12.1 Å². The van der Waals surface area contributed by atoms with E-state index in [0.717, 1.165) is 28.8 Å². The minimum atomic E-state index is -0.246. The predicted octanol–water partition coefficient (Wildman–Crippen LogP) is 6.05. The van der Waals surface area contributed by atoms with E-state index < -0.39 is 0 Å². The molecule has 0 aliphatic carbocycles. The Kier molecular flexibility index (Phi) is 6.78. The van der Waals surface area contributed by atoms with Gasteiger partial charge >= 0.3 is 0 Å². The Balaban J connectivity index is 1.84. The number of nitrogens with one attached hydrogen (secondary N) is 1. The molecule has 29 heavy (non-hydrogen) atoms. The van der Waals surface area contributed by atoms with Crippen LogP contribution in [0.1, 0.15) is 34.0 Å². The topological polar surface area (TPSA) is 47.6 Å². The van der Waals surface area contributed by atoms with Crippen molar-refractivity contribution in [1.29, 1.82) is 0 Å². The van der Waals surface area contributed by atoms with Gasteiger partial charge in [-0.2, -0.15) is 0 Å². The van der Waals surface area contributed by atoms with E-state index in [1.165, 1.54) is 7.11 Å². The fourth-order valence-electron chi connectivity index (χ4n) is 3.11. The lowest BCUT2D eigenvalue weighted by atomic mass is 10.1. The second kappa shape index (κ2) is 9.48. The first-order valence-electron chi connectivity index (χ1n) is 9.47. The van der Waals surface area contributed by atoms with Crippen LogP contribution in [-0.2, 0) is 13.0 Å². The number of hydrogen-bond donors (Lipinski definition) is 1. The highest BCUT2D eigenvalue weighted by Gasteiger charge is 2.17. The Hall–Kier alpha value is -2.98. The standard InChI is InChI=1S/C24H24ClNO3/c1-4-18-12-8-9-16(2)22(18)26-24(27)19-13-20(25)23(21(14-19)28-3)29-15-17-10-6-5-7-11-17/h5-14H,4,15H2,1-3H3,(H,26,27). The zero-order chi connectivity index (χ0) is 20.8. The van der Waals surface area contributed by atoms with Gasteiger partial charge in [-0.3, -0.25) is 4.79 Å². The first kappa shape index (κ1) is 20.7. The average molecular weight is 410 g/mol. The Bertz CT molecular complexity index is 1000. The summed E-state index contributed by atoms with van der Waals surface area (Å²) in [5, 5.41) is 3.33. The van der Waals surface area contributed by atoms with Crippen LogP contribution in [0.3, 0.4) is 0 Å². The number of ether oxygens (including phenoxy) is 2. The van der Waals surface area contributed by atoms with Crippen molar-refractivity contribution in [2.45, 2.75) is 26.9 Å². The molecular weight excluding hydrogens is 386 g/mol. The molecule has 1 N–H and O–H groups in total. The summed E-state index contributed by atoms with van der Waals surface area (Å²) in [5.74, 6) is 0.586. The van der Waals surface area contributed by atoms with Crippen molar-refractivity contribution in [3.63, 3.8) is 0 Å². The second-order valence-corrected chi connectivity index (χ2v) is 7.09. The van der Waals surface area contributed by atoms with Crippen molar-refractivity contribution in [1.82, 2.24) is 0 Å². The van der Waals surface area contributed by atoms with Gasteiger partial charge in [-0.15, -0.1) is 0 Å². The SMILES string of the molecule is CCc1cccc(C)c1NC(=O)c1cc(Cl)c(OCc2ccccc2)c(OC)c1. The van der Waals surface area contributed by atoms with Crippen LogP contribution < -0.4 is 14.8 Å². The molecule has 0 heterocycles. The van der Waals surface area contributed by atoms with Crippen LogP contribution in [0.5, 0.6) is 11.5 Å². The molecule has 3 aromatic carbocycles. The van der Waals surface area contributed by atoms with Gasteiger partial charge in [-0.1, -0.05) is 67.1 Å². The molecular formula is C24H24ClNO3. The van der Waals surface area contributed by atoms with E-state index in [4.69, 9.17) is 21.1 Å². The lowest BCUT2D eigenvalue weighted by molar-refractivity contribution is 0.102. The largest absolute Gasteiger partial charge is 0.493 e. The molecule has 5 heteroatoms. The van der Waals surface area contributed by atoms with E-state index in [9.17, 15) is 4.79 Å². The van der Waals surface area contributed by atoms with Gasteiger partial charge in [0.2, 0.25) is 0 Å². The molecule has 0 aromatic heterocycles. The first-order chi connectivity index (χ1) is 14.0. The summed E-state index contributed by atoms with van der Waals surface area (Å²) in [5.41, 5.74) is 4.35. The van der Waals surface area contributed by atoms with Crippen LogP contribution in [0.15, 0.2) is 60.7 Å². The van der Waals surface area contributed by atoms with E-state index in [1.807, 2.05) is 55.5 Å². The highest BCUT2D eigenvalue weighted by Crippen LogP contribution is 2.37. The molecule has 0 radical (unpaired) electrons. The van der Waals surface area contributed by atoms with Crippen molar-refractivity contribution in [2.75, 3.05) is 12.4 Å². The molecule has 0 bridgehead atoms. The first-order valence-corrected chi connectivity index (χ1v) is 9.85. The molecule has 0 aliphatic rings. The van der Waals surface area contributed by atoms with Crippen molar-refractivity contribution in [3.05, 3.63) is 87.9 Å². The summed E-state index contributed by atoms with van der Waals surface area (Å²) in [6.45, 7) is 4.39. The fraction of sp³-hybridized carbons (Fsp3) is 0.208. The van der Waals surface area contributed by atoms with E-state index >= 15 is 0 Å². The maximum Gasteiger partial charge on any atom is 0.255 e. The molecule has 3 rings (SSSR count). The summed E-state index contributed by atoms with van der Waals surface area (Å²) in [4.78, 5) is 12.9. The Morgan fingerprint density at radius 3 is 2.52 bits per heavy atom. The van der Waals surface area contributed by atoms with Gasteiger partial charge < -0.3 is 14.8 Å². The molecule has 0 saturated carbocycles. The molecule has 0 fully saturated rings. The van der Waals surface area contributed by atoms with Crippen LogP contribution in [0.4, 0.5) is 5.69 Å². The van der Waals surface area contributed by atoms with Crippen molar-refractivity contribution in [3.8, 4) is 11.5 Å². The van der Waals surface area contributed by atoms with Gasteiger partial charge in [-0.05, 0) is 42.2 Å². The van der Waals surface area contributed by atoms with Crippen LogP contribution in [0.2, 0.25) is 5.02 Å². The second-order valence-electron chi connectivity index (χ2n) is 6.68. The van der Waals surface area contributed by atoms with E-state index in [-0.39, 0.29) is 5.91 Å². The minimum Gasteiger partial charge on any atom is -0.493 e. The number of aryl methyl sites for hydroxylation is 2. The van der Waals surface area contributed by atoms with Crippen molar-refractivity contribution < 1.29 is 14.3 Å². The van der Waals surface area contributed by atoms with Gasteiger partial charge in [-0.25, -0.2) is 0 Å². The van der Waals surface area contributed by atoms with Crippen LogP contribution in [-0.4, -0.2) is 13.0 Å². The normalized spacial score (nSPS) is 10.5. The number of anilines is 1. The quantitative estimate of drug-likeness (QED) is 0.516. The third kappa shape index (κ3) is 4.90. The van der Waals surface area contributed by atoms with Gasteiger partial charge in [0, 0.05) is 11.3 Å². The Labute approximate surface area is 176 Å². The van der Waals surface area contributed by atoms with Crippen molar-refractivity contribution in [2.24, 2.45) is 0 Å². The number of benzene rings is 3. The van der Waals surface area contributed by atoms with Crippen LogP contribution in [0.25, 0.3) is 0 Å². The minimum absolute atomic E-state index is 0.246. The highest BCUT2D eigenvalue weighted by molar-refractivity contribution is 6.32. The monoisotopic (exact) mass is 409 g/mol. The molecule has 0 atom stereocenters. The van der Waals surface area contributed by atoms with Crippen molar-refractivity contribution >= 4 is 23.2 Å². The lowest BCUT2D eigenvalue weighted by Gasteiger charge is -2.16. The highest BCUT2D eigenvalue weighted by atomic mass is 35.5. The zero-order valence-corrected chi connectivity index (χ0v) is 17.5. The summed E-state index contributed by atoms with van der Waals surface area (Å²) in [6, 6.07) is 19.0. The molecule has 3 aromatic rings. The molecule has 0 unspecified atom stereocenters. The lowest BCUT2D eigenvalue weighted by Crippen LogP contribution is -2.14. The Morgan fingerprint density at radius 1 is 1.07 bits per heavy atom. The summed E-state index contributed by atoms with van der Waals surface area (Å²) in [6.07, 6.45) is 0.827. The number of hydrogen-bond acceptors (Lipinski definition) is 3. The van der Waals surface area contributed by atoms with E-state index in [2.05, 4.69) is 12.2 Å². The number of rotatable bonds is 7. The maximum atomic E-state index is 12.9. The molecule has 0 spiro atoms. The number of amides is 1. The number of halogens is 1. The molecule has 150 valence electrons. The predicted molar refractivity (Wildman–Crippen MR) is 117 cm³/mol. The summed E-state index contributed by atoms with van der Waals surface area (Å²) < 4.78 is 11.3. The molecule has 1 amide bonds. The average Bonchev–Trinajstić information content (AvgIpc) is 2.74. The number of para-hydroxylation sites is 1. The van der Waals surface area contributed by atoms with Crippen LogP contribution in [0, 0.1) is 6.92 Å². The maximum absolute atomic E-state index is 12.9. The third-order valence-corrected chi connectivity index (χ3v) is 4.98. The summed E-state index contributed by atoms with van der Waals surface area (Å²) in [7, 11) is 1.53. The number of carbonyl (C=O) groups is 1. The van der Waals surface area contributed by atoms with Gasteiger partial charge in [0.15, 0.2) is 11.5 Å².